The second kappa shape index (κ2) is 11.7. The molecule has 8 nitrogen and oxygen atoms in total. The molecule has 11 heteroatoms. The number of fused-ring (bicyclic) bond motifs is 1. The number of amides is 3. The van der Waals surface area contributed by atoms with Gasteiger partial charge in [0.15, 0.2) is 5.16 Å². The van der Waals surface area contributed by atoms with E-state index in [1.165, 1.54) is 28.8 Å². The first-order valence-corrected chi connectivity index (χ1v) is 13.7. The van der Waals surface area contributed by atoms with E-state index >= 15 is 0 Å². The summed E-state index contributed by atoms with van der Waals surface area (Å²) in [6.45, 7) is 0.0136. The Labute approximate surface area is 230 Å². The van der Waals surface area contributed by atoms with Crippen molar-refractivity contribution in [3.8, 4) is 5.69 Å². The SMILES string of the molecule is O=C(CSc1nc2ccccc2c(=O)n1-c1ccccc1)NCCN1C(=O)SC(=Cc2ccccc2F)C1=O. The number of nitrogens with zero attached hydrogens (tertiary/aromatic N) is 3. The summed E-state index contributed by atoms with van der Waals surface area (Å²) in [6, 6.07) is 22.0. The van der Waals surface area contributed by atoms with Crippen LogP contribution in [0, 0.1) is 5.82 Å². The summed E-state index contributed by atoms with van der Waals surface area (Å²) in [7, 11) is 0. The largest absolute Gasteiger partial charge is 0.354 e. The number of imide groups is 1. The third-order valence-electron chi connectivity index (χ3n) is 5.81. The van der Waals surface area contributed by atoms with Crippen molar-refractivity contribution in [3.63, 3.8) is 0 Å². The van der Waals surface area contributed by atoms with Gasteiger partial charge in [-0.15, -0.1) is 0 Å². The van der Waals surface area contributed by atoms with Crippen molar-refractivity contribution in [2.45, 2.75) is 5.16 Å². The van der Waals surface area contributed by atoms with Gasteiger partial charge in [-0.25, -0.2) is 9.37 Å². The first-order chi connectivity index (χ1) is 18.9. The molecule has 196 valence electrons. The van der Waals surface area contributed by atoms with E-state index in [9.17, 15) is 23.6 Å². The van der Waals surface area contributed by atoms with Crippen LogP contribution in [-0.4, -0.2) is 50.3 Å². The number of para-hydroxylation sites is 2. The molecule has 0 spiro atoms. The van der Waals surface area contributed by atoms with E-state index in [0.717, 1.165) is 28.4 Å². The van der Waals surface area contributed by atoms with E-state index in [2.05, 4.69) is 10.3 Å². The minimum absolute atomic E-state index is 0.0291. The van der Waals surface area contributed by atoms with Crippen molar-refractivity contribution >= 4 is 57.6 Å². The van der Waals surface area contributed by atoms with Gasteiger partial charge >= 0.3 is 0 Å². The molecule has 0 aliphatic carbocycles. The number of carbonyl (C=O) groups is 3. The van der Waals surface area contributed by atoms with E-state index < -0.39 is 17.0 Å². The Morgan fingerprint density at radius 2 is 1.69 bits per heavy atom. The van der Waals surface area contributed by atoms with Crippen LogP contribution < -0.4 is 10.9 Å². The first-order valence-electron chi connectivity index (χ1n) is 11.9. The van der Waals surface area contributed by atoms with E-state index in [1.807, 2.05) is 18.2 Å². The molecule has 1 fully saturated rings. The van der Waals surface area contributed by atoms with E-state index in [0.29, 0.717) is 21.7 Å². The van der Waals surface area contributed by atoms with Crippen LogP contribution in [0.3, 0.4) is 0 Å². The maximum atomic E-state index is 13.9. The van der Waals surface area contributed by atoms with Crippen LogP contribution in [0.25, 0.3) is 22.7 Å². The Balaban J connectivity index is 1.23. The van der Waals surface area contributed by atoms with Gasteiger partial charge in [0.25, 0.3) is 16.7 Å². The summed E-state index contributed by atoms with van der Waals surface area (Å²) in [4.78, 5) is 56.6. The zero-order valence-corrected chi connectivity index (χ0v) is 22.0. The summed E-state index contributed by atoms with van der Waals surface area (Å²) >= 11 is 1.84. The van der Waals surface area contributed by atoms with Crippen LogP contribution in [0.1, 0.15) is 5.56 Å². The molecule has 39 heavy (non-hydrogen) atoms. The summed E-state index contributed by atoms with van der Waals surface area (Å²) in [5.74, 6) is -1.42. The molecule has 3 aromatic carbocycles. The molecule has 1 aliphatic rings. The van der Waals surface area contributed by atoms with Crippen molar-refractivity contribution in [2.24, 2.45) is 0 Å². The maximum Gasteiger partial charge on any atom is 0.293 e. The van der Waals surface area contributed by atoms with Gasteiger partial charge < -0.3 is 5.32 Å². The standard InChI is InChI=1S/C28H21FN4O4S2/c29-21-12-6-4-8-18(21)16-23-26(36)32(28(37)39-23)15-14-30-24(34)17-38-27-31-22-13-7-5-11-20(22)25(35)33(27)19-9-2-1-3-10-19/h1-13,16H,14-15,17H2,(H,30,34). The third kappa shape index (κ3) is 5.79. The third-order valence-corrected chi connectivity index (χ3v) is 7.66. The molecule has 0 bridgehead atoms. The molecular formula is C28H21FN4O4S2. The van der Waals surface area contributed by atoms with Gasteiger partial charge in [-0.3, -0.25) is 28.6 Å². The highest BCUT2D eigenvalue weighted by Gasteiger charge is 2.34. The second-order valence-corrected chi connectivity index (χ2v) is 10.3. The number of rotatable bonds is 8. The van der Waals surface area contributed by atoms with Gasteiger partial charge in [0.2, 0.25) is 5.91 Å². The average molecular weight is 561 g/mol. The fourth-order valence-corrected chi connectivity index (χ4v) is 5.63. The molecule has 0 saturated carbocycles. The number of aromatic nitrogens is 2. The lowest BCUT2D eigenvalue weighted by molar-refractivity contribution is -0.123. The predicted octanol–water partition coefficient (Wildman–Crippen LogP) is 4.47. The molecule has 1 N–H and O–H groups in total. The predicted molar refractivity (Wildman–Crippen MR) is 150 cm³/mol. The Morgan fingerprint density at radius 3 is 2.49 bits per heavy atom. The van der Waals surface area contributed by atoms with Crippen LogP contribution in [0.15, 0.2) is 93.7 Å². The van der Waals surface area contributed by atoms with Gasteiger partial charge in [-0.05, 0) is 48.2 Å². The second-order valence-electron chi connectivity index (χ2n) is 8.38. The highest BCUT2D eigenvalue weighted by Crippen LogP contribution is 2.32. The summed E-state index contributed by atoms with van der Waals surface area (Å²) in [5.41, 5.74) is 1.13. The molecule has 3 amide bonds. The number of hydrogen-bond donors (Lipinski definition) is 1. The number of thioether (sulfide) groups is 2. The normalized spacial score (nSPS) is 14.4. The van der Waals surface area contributed by atoms with Crippen LogP contribution in [-0.2, 0) is 9.59 Å². The van der Waals surface area contributed by atoms with E-state index in [-0.39, 0.29) is 40.8 Å². The fourth-order valence-electron chi connectivity index (χ4n) is 3.93. The topological polar surface area (TPSA) is 101 Å². The van der Waals surface area contributed by atoms with Crippen LogP contribution >= 0.6 is 23.5 Å². The average Bonchev–Trinajstić information content (AvgIpc) is 3.21. The molecule has 4 aromatic rings. The lowest BCUT2D eigenvalue weighted by atomic mass is 10.2. The molecule has 1 aliphatic heterocycles. The van der Waals surface area contributed by atoms with Gasteiger partial charge in [0.1, 0.15) is 5.82 Å². The molecule has 0 unspecified atom stereocenters. The lowest BCUT2D eigenvalue weighted by Crippen LogP contribution is -2.37. The van der Waals surface area contributed by atoms with Gasteiger partial charge in [-0.2, -0.15) is 0 Å². The number of halogens is 1. The van der Waals surface area contributed by atoms with E-state index in [4.69, 9.17) is 0 Å². The zero-order valence-electron chi connectivity index (χ0n) is 20.4. The lowest BCUT2D eigenvalue weighted by Gasteiger charge is -2.14. The Bertz CT molecular complexity index is 1670. The smallest absolute Gasteiger partial charge is 0.293 e. The van der Waals surface area contributed by atoms with Crippen LogP contribution in [0.2, 0.25) is 0 Å². The van der Waals surface area contributed by atoms with Crippen molar-refractivity contribution < 1.29 is 18.8 Å². The van der Waals surface area contributed by atoms with Gasteiger partial charge in [-0.1, -0.05) is 60.3 Å². The Hall–Kier alpha value is -4.22. The number of nitrogens with one attached hydrogen (secondary N) is 1. The highest BCUT2D eigenvalue weighted by molar-refractivity contribution is 8.18. The molecule has 5 rings (SSSR count). The maximum absolute atomic E-state index is 13.9. The minimum Gasteiger partial charge on any atom is -0.354 e. The summed E-state index contributed by atoms with van der Waals surface area (Å²) in [5, 5.41) is 3.04. The van der Waals surface area contributed by atoms with Crippen molar-refractivity contribution in [2.75, 3.05) is 18.8 Å². The Kier molecular flexibility index (Phi) is 7.89. The summed E-state index contributed by atoms with van der Waals surface area (Å²) < 4.78 is 15.4. The number of hydrogen-bond acceptors (Lipinski definition) is 7. The summed E-state index contributed by atoms with van der Waals surface area (Å²) in [6.07, 6.45) is 1.35. The fraction of sp³-hybridized carbons (Fsp3) is 0.107. The number of benzene rings is 3. The van der Waals surface area contributed by atoms with Crippen LogP contribution in [0.5, 0.6) is 0 Å². The van der Waals surface area contributed by atoms with Gasteiger partial charge in [0, 0.05) is 18.7 Å². The Morgan fingerprint density at radius 1 is 0.974 bits per heavy atom. The molecule has 2 heterocycles. The quantitative estimate of drug-likeness (QED) is 0.193. The molecule has 0 radical (unpaired) electrons. The molecule has 0 atom stereocenters. The molecule has 1 saturated heterocycles. The minimum atomic E-state index is -0.538. The monoisotopic (exact) mass is 560 g/mol. The number of carbonyl (C=O) groups excluding carboxylic acids is 3. The first kappa shape index (κ1) is 26.4. The van der Waals surface area contributed by atoms with E-state index in [1.54, 1.807) is 42.5 Å². The van der Waals surface area contributed by atoms with Crippen molar-refractivity contribution in [3.05, 3.63) is 106 Å². The zero-order chi connectivity index (χ0) is 27.4. The molecular weight excluding hydrogens is 539 g/mol. The van der Waals surface area contributed by atoms with Crippen LogP contribution in [0.4, 0.5) is 9.18 Å². The van der Waals surface area contributed by atoms with Crippen molar-refractivity contribution in [1.29, 1.82) is 0 Å². The molecule has 1 aromatic heterocycles. The van der Waals surface area contributed by atoms with Gasteiger partial charge in [0.05, 0.1) is 27.2 Å². The van der Waals surface area contributed by atoms with Crippen molar-refractivity contribution in [1.82, 2.24) is 19.8 Å². The highest BCUT2D eigenvalue weighted by atomic mass is 32.2.